The molecule has 3 aliphatic heterocycles. The second-order valence-electron chi connectivity index (χ2n) is 9.64. The van der Waals surface area contributed by atoms with Crippen LogP contribution in [0.1, 0.15) is 25.5 Å². The van der Waals surface area contributed by atoms with Crippen LogP contribution in [0.5, 0.6) is 0 Å². The van der Waals surface area contributed by atoms with Gasteiger partial charge in [0.15, 0.2) is 18.1 Å². The van der Waals surface area contributed by atoms with Crippen LogP contribution < -0.4 is 22.3 Å². The minimum Gasteiger partial charge on any atom is -0.456 e. The molecule has 1 aromatic rings. The number of aliphatic hydroxyl groups excluding tert-OH is 3. The van der Waals surface area contributed by atoms with E-state index in [0.29, 0.717) is 17.9 Å². The van der Waals surface area contributed by atoms with Gasteiger partial charge in [-0.05, 0) is 25.3 Å². The molecule has 18 nitrogen and oxygen atoms in total. The lowest BCUT2D eigenvalue weighted by molar-refractivity contribution is -0.241. The van der Waals surface area contributed by atoms with E-state index < -0.39 is 89.9 Å². The predicted octanol–water partition coefficient (Wildman–Crippen LogP) is -4.47. The van der Waals surface area contributed by atoms with Gasteiger partial charge in [-0.25, -0.2) is 9.86 Å². The number of rotatable bonds is 8. The smallest absolute Gasteiger partial charge is 0.330 e. The van der Waals surface area contributed by atoms with E-state index in [1.807, 2.05) is 4.98 Å². The Balaban J connectivity index is 1.52. The fraction of sp³-hybridized carbons (Fsp3) is 0.609. The molecule has 1 aromatic heterocycles. The van der Waals surface area contributed by atoms with Gasteiger partial charge >= 0.3 is 5.69 Å². The average molecular weight is 586 g/mol. The van der Waals surface area contributed by atoms with Crippen LogP contribution in [0.3, 0.4) is 0 Å². The first-order chi connectivity index (χ1) is 19.4. The van der Waals surface area contributed by atoms with Crippen LogP contribution in [0.25, 0.3) is 0 Å². The number of hydrogen-bond acceptors (Lipinski definition) is 13. The van der Waals surface area contributed by atoms with Crippen LogP contribution in [0.4, 0.5) is 0 Å². The highest BCUT2D eigenvalue weighted by molar-refractivity contribution is 5.95. The van der Waals surface area contributed by atoms with Crippen molar-refractivity contribution in [1.82, 2.24) is 19.9 Å². The van der Waals surface area contributed by atoms with E-state index in [0.717, 1.165) is 22.9 Å². The number of ether oxygens (including phenoxy) is 4. The van der Waals surface area contributed by atoms with Gasteiger partial charge in [0.25, 0.3) is 17.4 Å². The Kier molecular flexibility index (Phi) is 9.22. The lowest BCUT2D eigenvalue weighted by atomic mass is 10.0. The molecule has 0 radical (unpaired) electrons. The molecule has 41 heavy (non-hydrogen) atoms. The summed E-state index contributed by atoms with van der Waals surface area (Å²) in [5.74, 6) is -3.47. The highest BCUT2D eigenvalue weighted by atomic mass is 16.7. The number of carbonyl (C=O) groups is 3. The number of carbonyl (C=O) groups excluding carboxylic acids is 3. The molecule has 226 valence electrons. The van der Waals surface area contributed by atoms with E-state index in [1.54, 1.807) is 0 Å². The molecule has 18 heteroatoms. The first-order valence-corrected chi connectivity index (χ1v) is 12.6. The van der Waals surface area contributed by atoms with Gasteiger partial charge in [-0.3, -0.25) is 33.9 Å². The number of primary amides is 1. The Labute approximate surface area is 230 Å². The number of nitrogens with zero attached hydrogens (tertiary/aromatic N) is 2. The Hall–Kier alpha value is -3.65. The normalized spacial score (nSPS) is 33.0. The number of hydroxylamine groups is 2. The fourth-order valence-corrected chi connectivity index (χ4v) is 4.77. The Bertz CT molecular complexity index is 1300. The van der Waals surface area contributed by atoms with E-state index in [1.165, 1.54) is 7.11 Å². The quantitative estimate of drug-likeness (QED) is 0.142. The molecular weight excluding hydrogens is 554 g/mol. The third kappa shape index (κ3) is 6.32. The van der Waals surface area contributed by atoms with Crippen LogP contribution >= 0.6 is 0 Å². The summed E-state index contributed by atoms with van der Waals surface area (Å²) in [4.78, 5) is 63.3. The second kappa shape index (κ2) is 12.5. The summed E-state index contributed by atoms with van der Waals surface area (Å²) in [6.45, 7) is 0.0951. The Morgan fingerprint density at radius 3 is 2.59 bits per heavy atom. The molecule has 4 rings (SSSR count). The highest BCUT2D eigenvalue weighted by Crippen LogP contribution is 2.34. The summed E-state index contributed by atoms with van der Waals surface area (Å²) in [6.07, 6.45) is -9.99. The van der Waals surface area contributed by atoms with E-state index in [-0.39, 0.29) is 13.0 Å². The number of nitrogens with one attached hydrogen (secondary N) is 2. The minimum atomic E-state index is -1.89. The molecule has 0 aromatic carbocycles. The Morgan fingerprint density at radius 2 is 1.93 bits per heavy atom. The topological polar surface area (TPSA) is 265 Å². The molecule has 0 bridgehead atoms. The summed E-state index contributed by atoms with van der Waals surface area (Å²) in [5, 5.41) is 44.3. The van der Waals surface area contributed by atoms with E-state index in [2.05, 4.69) is 5.32 Å². The summed E-state index contributed by atoms with van der Waals surface area (Å²) in [5.41, 5.74) is 3.88. The van der Waals surface area contributed by atoms with Gasteiger partial charge in [0.1, 0.15) is 36.6 Å². The molecule has 3 amide bonds. The van der Waals surface area contributed by atoms with Gasteiger partial charge in [-0.2, -0.15) is 0 Å². The van der Waals surface area contributed by atoms with Crippen molar-refractivity contribution in [2.45, 2.75) is 74.4 Å². The lowest BCUT2D eigenvalue weighted by Gasteiger charge is -2.35. The van der Waals surface area contributed by atoms with Crippen molar-refractivity contribution in [1.29, 1.82) is 0 Å². The van der Waals surface area contributed by atoms with E-state index >= 15 is 0 Å². The maximum Gasteiger partial charge on any atom is 0.330 e. The van der Waals surface area contributed by atoms with Crippen LogP contribution in [0, 0.1) is 0 Å². The lowest BCUT2D eigenvalue weighted by Crippen LogP contribution is -2.54. The first-order valence-electron chi connectivity index (χ1n) is 12.6. The zero-order valence-electron chi connectivity index (χ0n) is 21.7. The molecule has 2 fully saturated rings. The fourth-order valence-electron chi connectivity index (χ4n) is 4.77. The average Bonchev–Trinajstić information content (AvgIpc) is 3.16. The number of aromatic nitrogens is 2. The summed E-state index contributed by atoms with van der Waals surface area (Å²) in [7, 11) is 1.17. The molecule has 0 spiro atoms. The maximum atomic E-state index is 12.9. The number of H-pyrrole nitrogens is 1. The number of hydrogen-bond donors (Lipinski definition) is 7. The number of aromatic amines is 1. The zero-order valence-corrected chi connectivity index (χ0v) is 21.7. The molecule has 2 saturated heterocycles. The van der Waals surface area contributed by atoms with Crippen molar-refractivity contribution >= 4 is 17.7 Å². The largest absolute Gasteiger partial charge is 0.456 e. The third-order valence-electron chi connectivity index (χ3n) is 6.89. The highest BCUT2D eigenvalue weighted by Gasteiger charge is 2.52. The molecule has 8 N–H and O–H groups in total. The molecule has 0 aliphatic carbocycles. The van der Waals surface area contributed by atoms with Crippen molar-refractivity contribution in [3.63, 3.8) is 0 Å². The van der Waals surface area contributed by atoms with Gasteiger partial charge in [-0.15, -0.1) is 0 Å². The minimum absolute atomic E-state index is 0.0951. The summed E-state index contributed by atoms with van der Waals surface area (Å²) < 4.78 is 22.8. The predicted molar refractivity (Wildman–Crippen MR) is 130 cm³/mol. The molecular formula is C23H31N5O13. The first kappa shape index (κ1) is 30.3. The van der Waals surface area contributed by atoms with Gasteiger partial charge < -0.3 is 45.3 Å². The monoisotopic (exact) mass is 585 g/mol. The standard InChI is InChI=1S/C23H31N5O13/c1-38-15-14(32)21(27-7-5-12(30)26-23(27)36)40-16(15)17(18(24)33)41-22-13(31)10(29)8-11(39-22)19(34)25-9-4-2-3-6-28(37)20(9)35/h5,7-10,13-17,21-22,29,31-32,37H,2-4,6H2,1H3,(H2,24,33)(H,25,34)(H,26,30,36)/t9?,10?,13?,14?,15?,16-,17?,21+,22+/m0/s1. The van der Waals surface area contributed by atoms with E-state index in [9.17, 15) is 44.5 Å². The molecule has 4 heterocycles. The van der Waals surface area contributed by atoms with Crippen LogP contribution in [0.2, 0.25) is 0 Å². The van der Waals surface area contributed by atoms with Gasteiger partial charge in [0.2, 0.25) is 12.2 Å². The number of aliphatic hydroxyl groups is 3. The summed E-state index contributed by atoms with van der Waals surface area (Å²) in [6, 6.07) is -0.0904. The van der Waals surface area contributed by atoms with Crippen molar-refractivity contribution in [3.05, 3.63) is 44.9 Å². The van der Waals surface area contributed by atoms with Gasteiger partial charge in [0.05, 0.1) is 0 Å². The van der Waals surface area contributed by atoms with E-state index in [4.69, 9.17) is 24.7 Å². The second-order valence-corrected chi connectivity index (χ2v) is 9.64. The number of amides is 3. The zero-order chi connectivity index (χ0) is 30.0. The van der Waals surface area contributed by atoms with Crippen molar-refractivity contribution in [2.75, 3.05) is 13.7 Å². The van der Waals surface area contributed by atoms with Crippen LogP contribution in [0.15, 0.2) is 33.7 Å². The molecule has 9 atom stereocenters. The molecule has 3 aliphatic rings. The Morgan fingerprint density at radius 1 is 1.20 bits per heavy atom. The summed E-state index contributed by atoms with van der Waals surface area (Å²) >= 11 is 0. The number of nitrogens with two attached hydrogens (primary N) is 1. The van der Waals surface area contributed by atoms with Crippen LogP contribution in [-0.4, -0.2) is 115 Å². The van der Waals surface area contributed by atoms with Crippen molar-refractivity contribution in [2.24, 2.45) is 5.73 Å². The van der Waals surface area contributed by atoms with Crippen molar-refractivity contribution < 1.29 is 53.9 Å². The molecule has 6 unspecified atom stereocenters. The molecule has 0 saturated carbocycles. The SMILES string of the molecule is COC1C(O)[C@H](n2ccc(=O)[nH]c2=O)O[C@@H]1C(O[C@H]1OC(C(=O)NC2CCCCN(O)C2=O)=CC(O)C1O)C(N)=O. The van der Waals surface area contributed by atoms with Crippen molar-refractivity contribution in [3.8, 4) is 0 Å². The van der Waals surface area contributed by atoms with Crippen LogP contribution in [-0.2, 0) is 33.3 Å². The van der Waals surface area contributed by atoms with Gasteiger partial charge in [0, 0.05) is 25.9 Å². The van der Waals surface area contributed by atoms with Gasteiger partial charge in [-0.1, -0.05) is 0 Å². The number of methoxy groups -OCH3 is 1. The third-order valence-corrected chi connectivity index (χ3v) is 6.89. The maximum absolute atomic E-state index is 12.9.